The minimum absolute atomic E-state index is 0.455. The van der Waals surface area contributed by atoms with E-state index in [1.807, 2.05) is 0 Å². The average molecular weight is 124 g/mol. The Morgan fingerprint density at radius 1 is 1.67 bits per heavy atom. The van der Waals surface area contributed by atoms with Gasteiger partial charge in [0, 0.05) is 12.3 Å². The number of ketones is 1. The van der Waals surface area contributed by atoms with Crippen LogP contribution in [0.25, 0.3) is 0 Å². The highest BCUT2D eigenvalue weighted by Gasteiger charge is 2.52. The lowest BCUT2D eigenvalue weighted by Gasteiger charge is -2.40. The largest absolute Gasteiger partial charge is 0.299 e. The first-order chi connectivity index (χ1) is 4.22. The molecule has 1 heteroatoms. The molecule has 0 saturated heterocycles. The van der Waals surface area contributed by atoms with Gasteiger partial charge in [0.1, 0.15) is 5.78 Å². The molecule has 0 N–H and O–H groups in total. The van der Waals surface area contributed by atoms with E-state index in [1.54, 1.807) is 0 Å². The molecule has 2 aliphatic rings. The van der Waals surface area contributed by atoms with E-state index in [4.69, 9.17) is 0 Å². The van der Waals surface area contributed by atoms with Crippen LogP contribution in [0.3, 0.4) is 0 Å². The number of carbonyl (C=O) groups excluding carboxylic acids is 1. The Hall–Kier alpha value is -0.330. The van der Waals surface area contributed by atoms with Crippen molar-refractivity contribution in [2.75, 3.05) is 0 Å². The summed E-state index contributed by atoms with van der Waals surface area (Å²) in [6.07, 6.45) is 4.63. The molecule has 0 aliphatic heterocycles. The van der Waals surface area contributed by atoms with Crippen LogP contribution >= 0.6 is 0 Å². The average Bonchev–Trinajstić information content (AvgIpc) is 2.06. The molecular formula is C8H12O. The van der Waals surface area contributed by atoms with E-state index in [0.29, 0.717) is 17.1 Å². The van der Waals surface area contributed by atoms with Gasteiger partial charge < -0.3 is 0 Å². The lowest BCUT2D eigenvalue weighted by molar-refractivity contribution is -0.138. The SMILES string of the molecule is CC12CCCC1C(=O)C2. The Balaban J connectivity index is 2.21. The number of rotatable bonds is 0. The summed E-state index contributed by atoms with van der Waals surface area (Å²) in [6, 6.07) is 0. The second-order valence-electron chi connectivity index (χ2n) is 3.74. The summed E-state index contributed by atoms with van der Waals surface area (Å²) in [4.78, 5) is 10.9. The molecule has 0 bridgehead atoms. The van der Waals surface area contributed by atoms with Gasteiger partial charge in [-0.05, 0) is 18.3 Å². The normalized spacial score (nSPS) is 48.6. The summed E-state index contributed by atoms with van der Waals surface area (Å²) in [6.45, 7) is 2.26. The van der Waals surface area contributed by atoms with Gasteiger partial charge in [0.2, 0.25) is 0 Å². The van der Waals surface area contributed by atoms with Crippen LogP contribution in [0.1, 0.15) is 32.6 Å². The molecule has 0 aromatic rings. The molecule has 2 saturated carbocycles. The topological polar surface area (TPSA) is 17.1 Å². The van der Waals surface area contributed by atoms with Crippen molar-refractivity contribution < 1.29 is 4.79 Å². The summed E-state index contributed by atoms with van der Waals surface area (Å²) < 4.78 is 0. The van der Waals surface area contributed by atoms with Crippen LogP contribution < -0.4 is 0 Å². The molecule has 1 nitrogen and oxygen atoms in total. The second-order valence-corrected chi connectivity index (χ2v) is 3.74. The van der Waals surface area contributed by atoms with Gasteiger partial charge in [0.05, 0.1) is 0 Å². The highest BCUT2D eigenvalue weighted by Crippen LogP contribution is 2.54. The molecule has 2 atom stereocenters. The number of hydrogen-bond donors (Lipinski definition) is 0. The first kappa shape index (κ1) is 5.45. The number of fused-ring (bicyclic) bond motifs is 1. The maximum atomic E-state index is 10.9. The maximum absolute atomic E-state index is 10.9. The van der Waals surface area contributed by atoms with E-state index in [9.17, 15) is 4.79 Å². The van der Waals surface area contributed by atoms with Gasteiger partial charge in [0.25, 0.3) is 0 Å². The van der Waals surface area contributed by atoms with Gasteiger partial charge in [0.15, 0.2) is 0 Å². The van der Waals surface area contributed by atoms with E-state index in [-0.39, 0.29) is 0 Å². The predicted octanol–water partition coefficient (Wildman–Crippen LogP) is 1.77. The van der Waals surface area contributed by atoms with Crippen molar-refractivity contribution >= 4 is 5.78 Å². The van der Waals surface area contributed by atoms with Crippen molar-refractivity contribution in [1.82, 2.24) is 0 Å². The van der Waals surface area contributed by atoms with Crippen LogP contribution in [0.15, 0.2) is 0 Å². The minimum atomic E-state index is 0.455. The van der Waals surface area contributed by atoms with Gasteiger partial charge in [-0.1, -0.05) is 13.3 Å². The Morgan fingerprint density at radius 3 is 2.89 bits per heavy atom. The van der Waals surface area contributed by atoms with E-state index in [2.05, 4.69) is 6.92 Å². The van der Waals surface area contributed by atoms with Crippen LogP contribution in [0, 0.1) is 11.3 Å². The van der Waals surface area contributed by atoms with Crippen LogP contribution in [-0.4, -0.2) is 5.78 Å². The smallest absolute Gasteiger partial charge is 0.137 e. The zero-order valence-electron chi connectivity index (χ0n) is 5.81. The van der Waals surface area contributed by atoms with Crippen molar-refractivity contribution in [2.24, 2.45) is 11.3 Å². The fraction of sp³-hybridized carbons (Fsp3) is 0.875. The van der Waals surface area contributed by atoms with Gasteiger partial charge in [-0.25, -0.2) is 0 Å². The number of hydrogen-bond acceptors (Lipinski definition) is 1. The number of carbonyl (C=O) groups is 1. The molecular weight excluding hydrogens is 112 g/mol. The van der Waals surface area contributed by atoms with Gasteiger partial charge in [-0.3, -0.25) is 4.79 Å². The Kier molecular flexibility index (Phi) is 0.842. The maximum Gasteiger partial charge on any atom is 0.137 e. The number of Topliss-reactive ketones (excluding diaryl/α,β-unsaturated/α-hetero) is 1. The molecule has 0 spiro atoms. The molecule has 50 valence electrons. The van der Waals surface area contributed by atoms with Gasteiger partial charge in [-0.2, -0.15) is 0 Å². The lowest BCUT2D eigenvalue weighted by Crippen LogP contribution is -2.42. The molecule has 2 rings (SSSR count). The Morgan fingerprint density at radius 2 is 2.44 bits per heavy atom. The summed E-state index contributed by atoms with van der Waals surface area (Å²) in [5.74, 6) is 0.993. The van der Waals surface area contributed by atoms with E-state index < -0.39 is 0 Å². The lowest BCUT2D eigenvalue weighted by atomic mass is 9.62. The first-order valence-corrected chi connectivity index (χ1v) is 3.75. The third kappa shape index (κ3) is 0.525. The summed E-state index contributed by atoms with van der Waals surface area (Å²) >= 11 is 0. The molecule has 0 aromatic heterocycles. The minimum Gasteiger partial charge on any atom is -0.299 e. The van der Waals surface area contributed by atoms with Crippen molar-refractivity contribution in [3.63, 3.8) is 0 Å². The molecule has 0 heterocycles. The third-order valence-electron chi connectivity index (χ3n) is 3.05. The van der Waals surface area contributed by atoms with E-state index >= 15 is 0 Å². The quantitative estimate of drug-likeness (QED) is 0.481. The molecule has 2 aliphatic carbocycles. The van der Waals surface area contributed by atoms with Crippen LogP contribution in [0.2, 0.25) is 0 Å². The van der Waals surface area contributed by atoms with Crippen molar-refractivity contribution in [3.8, 4) is 0 Å². The molecule has 9 heavy (non-hydrogen) atoms. The van der Waals surface area contributed by atoms with E-state index in [0.717, 1.165) is 6.42 Å². The highest BCUT2D eigenvalue weighted by molar-refractivity contribution is 5.89. The Bertz CT molecular complexity index is 162. The standard InChI is InChI=1S/C8H12O/c1-8-4-2-3-6(8)7(9)5-8/h6H,2-5H2,1H3. The fourth-order valence-corrected chi connectivity index (χ4v) is 2.38. The zero-order chi connectivity index (χ0) is 6.48. The molecule has 0 aromatic carbocycles. The Labute approximate surface area is 55.4 Å². The van der Waals surface area contributed by atoms with E-state index in [1.165, 1.54) is 19.3 Å². The predicted molar refractivity (Wildman–Crippen MR) is 35.1 cm³/mol. The van der Waals surface area contributed by atoms with Crippen LogP contribution in [-0.2, 0) is 4.79 Å². The summed E-state index contributed by atoms with van der Waals surface area (Å²) in [5, 5.41) is 0. The van der Waals surface area contributed by atoms with Crippen molar-refractivity contribution in [3.05, 3.63) is 0 Å². The van der Waals surface area contributed by atoms with Crippen molar-refractivity contribution in [1.29, 1.82) is 0 Å². The summed E-state index contributed by atoms with van der Waals surface area (Å²) in [7, 11) is 0. The monoisotopic (exact) mass is 124 g/mol. The van der Waals surface area contributed by atoms with Crippen LogP contribution in [0.5, 0.6) is 0 Å². The molecule has 2 fully saturated rings. The van der Waals surface area contributed by atoms with Gasteiger partial charge in [-0.15, -0.1) is 0 Å². The fourth-order valence-electron chi connectivity index (χ4n) is 2.38. The third-order valence-corrected chi connectivity index (χ3v) is 3.05. The molecule has 0 amide bonds. The van der Waals surface area contributed by atoms with Gasteiger partial charge >= 0.3 is 0 Å². The highest BCUT2D eigenvalue weighted by atomic mass is 16.1. The van der Waals surface area contributed by atoms with Crippen molar-refractivity contribution in [2.45, 2.75) is 32.6 Å². The zero-order valence-corrected chi connectivity index (χ0v) is 5.81. The second kappa shape index (κ2) is 1.39. The summed E-state index contributed by atoms with van der Waals surface area (Å²) in [5.41, 5.74) is 0.455. The molecule has 2 unspecified atom stereocenters. The first-order valence-electron chi connectivity index (χ1n) is 3.75. The van der Waals surface area contributed by atoms with Crippen LogP contribution in [0.4, 0.5) is 0 Å². The molecule has 0 radical (unpaired) electrons.